The second kappa shape index (κ2) is 8.21. The van der Waals surface area contributed by atoms with E-state index in [2.05, 4.69) is 10.3 Å². The van der Waals surface area contributed by atoms with Crippen molar-refractivity contribution in [3.8, 4) is 0 Å². The molecular weight excluding hydrogens is 448 g/mol. The summed E-state index contributed by atoms with van der Waals surface area (Å²) in [5, 5.41) is 2.94. The lowest BCUT2D eigenvalue weighted by atomic mass is 9.94. The fourth-order valence-corrected chi connectivity index (χ4v) is 5.27. The van der Waals surface area contributed by atoms with Gasteiger partial charge in [0.15, 0.2) is 5.03 Å². The van der Waals surface area contributed by atoms with Crippen LogP contribution in [0.2, 0.25) is 0 Å². The van der Waals surface area contributed by atoms with E-state index < -0.39 is 39.5 Å². The minimum atomic E-state index is -4.50. The molecule has 2 aromatic carbocycles. The molecule has 0 radical (unpaired) electrons. The van der Waals surface area contributed by atoms with Gasteiger partial charge in [0.25, 0.3) is 10.0 Å². The van der Waals surface area contributed by atoms with Gasteiger partial charge in [0.1, 0.15) is 5.82 Å². The van der Waals surface area contributed by atoms with Crippen molar-refractivity contribution in [2.24, 2.45) is 7.05 Å². The van der Waals surface area contributed by atoms with Gasteiger partial charge in [0, 0.05) is 44.0 Å². The topological polar surface area (TPSA) is 67.2 Å². The van der Waals surface area contributed by atoms with E-state index in [9.17, 15) is 26.0 Å². The third-order valence-electron chi connectivity index (χ3n) is 5.41. The van der Waals surface area contributed by atoms with Gasteiger partial charge in [0.05, 0.1) is 11.9 Å². The number of aromatic nitrogens is 2. The Morgan fingerprint density at radius 3 is 2.44 bits per heavy atom. The van der Waals surface area contributed by atoms with E-state index in [-0.39, 0.29) is 23.8 Å². The highest BCUT2D eigenvalue weighted by molar-refractivity contribution is 7.89. The molecule has 4 rings (SSSR count). The molecule has 11 heteroatoms. The largest absolute Gasteiger partial charge is 0.416 e. The van der Waals surface area contributed by atoms with E-state index in [0.717, 1.165) is 12.1 Å². The second-order valence-corrected chi connectivity index (χ2v) is 9.57. The van der Waals surface area contributed by atoms with Gasteiger partial charge in [-0.05, 0) is 35.9 Å². The molecule has 1 aliphatic rings. The Hall–Kier alpha value is -2.92. The maximum absolute atomic E-state index is 13.4. The van der Waals surface area contributed by atoms with Crippen LogP contribution in [0.3, 0.4) is 0 Å². The molecule has 0 bridgehead atoms. The van der Waals surface area contributed by atoms with Gasteiger partial charge in [-0.15, -0.1) is 0 Å². The molecule has 0 spiro atoms. The highest BCUT2D eigenvalue weighted by atomic mass is 32.2. The van der Waals surface area contributed by atoms with Crippen molar-refractivity contribution in [1.29, 1.82) is 0 Å². The predicted octanol–water partition coefficient (Wildman–Crippen LogP) is 3.85. The molecule has 2 unspecified atom stereocenters. The van der Waals surface area contributed by atoms with Crippen LogP contribution in [0.1, 0.15) is 17.0 Å². The van der Waals surface area contributed by atoms with Crippen LogP contribution in [-0.2, 0) is 23.2 Å². The molecule has 0 aliphatic carbocycles. The Balaban J connectivity index is 1.66. The zero-order chi connectivity index (χ0) is 23.1. The van der Waals surface area contributed by atoms with Crippen LogP contribution < -0.4 is 5.32 Å². The number of hydrogen-bond donors (Lipinski definition) is 1. The zero-order valence-electron chi connectivity index (χ0n) is 16.9. The molecule has 1 saturated heterocycles. The van der Waals surface area contributed by atoms with E-state index in [1.165, 1.54) is 45.7 Å². The summed E-state index contributed by atoms with van der Waals surface area (Å²) in [4.78, 5) is 3.93. The van der Waals surface area contributed by atoms with Crippen molar-refractivity contribution < 1.29 is 26.0 Å². The number of nitrogens with zero attached hydrogens (tertiary/aromatic N) is 3. The average molecular weight is 468 g/mol. The van der Waals surface area contributed by atoms with Gasteiger partial charge in [-0.2, -0.15) is 17.5 Å². The highest BCUT2D eigenvalue weighted by Crippen LogP contribution is 2.35. The normalized spacial score (nSPS) is 19.9. The molecule has 2 heterocycles. The van der Waals surface area contributed by atoms with Gasteiger partial charge >= 0.3 is 6.18 Å². The number of alkyl halides is 3. The number of rotatable bonds is 5. The van der Waals surface area contributed by atoms with Crippen LogP contribution in [0.15, 0.2) is 66.1 Å². The van der Waals surface area contributed by atoms with Gasteiger partial charge in [-0.1, -0.05) is 18.2 Å². The lowest BCUT2D eigenvalue weighted by Crippen LogP contribution is -2.32. The van der Waals surface area contributed by atoms with Crippen molar-refractivity contribution in [2.75, 3.05) is 18.4 Å². The molecule has 6 nitrogen and oxygen atoms in total. The number of aryl methyl sites for hydroxylation is 1. The fourth-order valence-electron chi connectivity index (χ4n) is 3.81. The molecule has 3 aromatic rings. The third-order valence-corrected chi connectivity index (χ3v) is 7.13. The molecule has 1 fully saturated rings. The van der Waals surface area contributed by atoms with Crippen LogP contribution in [-0.4, -0.2) is 41.4 Å². The van der Waals surface area contributed by atoms with Crippen molar-refractivity contribution in [2.45, 2.75) is 23.2 Å². The zero-order valence-corrected chi connectivity index (χ0v) is 17.7. The number of hydrogen-bond acceptors (Lipinski definition) is 4. The minimum absolute atomic E-state index is 0.0111. The van der Waals surface area contributed by atoms with Crippen LogP contribution in [0.25, 0.3) is 0 Å². The van der Waals surface area contributed by atoms with E-state index in [1.54, 1.807) is 19.2 Å². The van der Waals surface area contributed by atoms with Crippen LogP contribution >= 0.6 is 0 Å². The molecule has 1 N–H and O–H groups in total. The summed E-state index contributed by atoms with van der Waals surface area (Å²) in [6.07, 6.45) is -1.74. The molecule has 170 valence electrons. The predicted molar refractivity (Wildman–Crippen MR) is 110 cm³/mol. The molecule has 1 aliphatic heterocycles. The number of nitrogens with one attached hydrogen (secondary N) is 1. The Labute approximate surface area is 182 Å². The number of halogens is 4. The maximum Gasteiger partial charge on any atom is 0.416 e. The van der Waals surface area contributed by atoms with Crippen LogP contribution in [0.4, 0.5) is 23.2 Å². The van der Waals surface area contributed by atoms with Gasteiger partial charge in [-0.3, -0.25) is 0 Å². The summed E-state index contributed by atoms with van der Waals surface area (Å²) in [7, 11) is -2.27. The van der Waals surface area contributed by atoms with E-state index in [4.69, 9.17) is 0 Å². The summed E-state index contributed by atoms with van der Waals surface area (Å²) in [5.41, 5.74) is 0.0837. The molecule has 1 aromatic heterocycles. The van der Waals surface area contributed by atoms with E-state index >= 15 is 0 Å². The first-order valence-electron chi connectivity index (χ1n) is 9.71. The van der Waals surface area contributed by atoms with E-state index in [0.29, 0.717) is 5.56 Å². The smallest absolute Gasteiger partial charge is 0.380 e. The monoisotopic (exact) mass is 468 g/mol. The molecule has 0 amide bonds. The van der Waals surface area contributed by atoms with Crippen LogP contribution in [0, 0.1) is 5.82 Å². The van der Waals surface area contributed by atoms with E-state index in [1.807, 2.05) is 0 Å². The first kappa shape index (κ1) is 22.3. The van der Waals surface area contributed by atoms with Gasteiger partial charge < -0.3 is 9.88 Å². The number of imidazole rings is 1. The summed E-state index contributed by atoms with van der Waals surface area (Å²) in [6.45, 7) is 0.0817. The minimum Gasteiger partial charge on any atom is -0.380 e. The third kappa shape index (κ3) is 4.49. The Kier molecular flexibility index (Phi) is 5.72. The number of anilines is 1. The Morgan fingerprint density at radius 2 is 1.81 bits per heavy atom. The van der Waals surface area contributed by atoms with Gasteiger partial charge in [-0.25, -0.2) is 17.8 Å². The lowest BCUT2D eigenvalue weighted by molar-refractivity contribution is -0.137. The quantitative estimate of drug-likeness (QED) is 0.578. The van der Waals surface area contributed by atoms with Gasteiger partial charge in [0.2, 0.25) is 0 Å². The first-order chi connectivity index (χ1) is 15.0. The summed E-state index contributed by atoms with van der Waals surface area (Å²) < 4.78 is 81.7. The second-order valence-electron chi connectivity index (χ2n) is 7.69. The van der Waals surface area contributed by atoms with Crippen molar-refractivity contribution >= 4 is 15.7 Å². The summed E-state index contributed by atoms with van der Waals surface area (Å²) >= 11 is 0. The summed E-state index contributed by atoms with van der Waals surface area (Å²) in [5.74, 6) is -0.851. The lowest BCUT2D eigenvalue weighted by Gasteiger charge is -2.22. The molecule has 0 saturated carbocycles. The van der Waals surface area contributed by atoms with Crippen molar-refractivity contribution in [1.82, 2.24) is 13.9 Å². The molecule has 2 atom stereocenters. The van der Waals surface area contributed by atoms with Crippen LogP contribution in [0.5, 0.6) is 0 Å². The summed E-state index contributed by atoms with van der Waals surface area (Å²) in [6, 6.07) is 9.84. The average Bonchev–Trinajstić information content (AvgIpc) is 3.36. The molecular formula is C21H20F4N4O2S. The first-order valence-corrected chi connectivity index (χ1v) is 11.2. The fraction of sp³-hybridized carbons (Fsp3) is 0.286. The number of sulfonamides is 1. The van der Waals surface area contributed by atoms with Crippen molar-refractivity contribution in [3.05, 3.63) is 78.0 Å². The number of benzene rings is 2. The SMILES string of the molecule is Cn1cnc(S(=O)(=O)N2CC(Nc3cccc(C(F)(F)F)c3)C(c3ccc(F)cc3)C2)c1. The standard InChI is InChI=1S/C21H20F4N4O2S/c1-28-12-20(26-13-28)32(30,31)29-10-18(14-5-7-16(22)8-6-14)19(11-29)27-17-4-2-3-15(9-17)21(23,24)25/h2-9,12-13,18-19,27H,10-11H2,1H3. The van der Waals surface area contributed by atoms with Crippen molar-refractivity contribution in [3.63, 3.8) is 0 Å². The highest BCUT2D eigenvalue weighted by Gasteiger charge is 2.41. The maximum atomic E-state index is 13.4. The Morgan fingerprint density at radius 1 is 1.09 bits per heavy atom. The molecule has 32 heavy (non-hydrogen) atoms. The Bertz CT molecular complexity index is 1210.